The second-order valence-corrected chi connectivity index (χ2v) is 5.45. The van der Waals surface area contributed by atoms with Crippen LogP contribution in [-0.4, -0.2) is 11.8 Å². The molecule has 1 fully saturated rings. The van der Waals surface area contributed by atoms with Crippen molar-refractivity contribution < 1.29 is 0 Å². The number of hydrogen-bond donors (Lipinski definition) is 0. The Morgan fingerprint density at radius 2 is 1.80 bits per heavy atom. The molecule has 0 radical (unpaired) electrons. The summed E-state index contributed by atoms with van der Waals surface area (Å²) in [6, 6.07) is 0. The molecule has 0 nitrogen and oxygen atoms in total. The van der Waals surface area contributed by atoms with Gasteiger partial charge in [0, 0.05) is 0 Å². The van der Waals surface area contributed by atoms with E-state index in [-0.39, 0.29) is 0 Å². The molecule has 1 aliphatic rings. The largest absolute Gasteiger partial charge is 0.119 e. The maximum absolute atomic E-state index is 2.39. The molecule has 0 aliphatic heterocycles. The number of rotatable bonds is 2. The first-order chi connectivity index (χ1) is 4.83. The zero-order chi connectivity index (χ0) is 7.40. The summed E-state index contributed by atoms with van der Waals surface area (Å²) < 4.78 is 0. The molecule has 1 unspecified atom stereocenters. The van der Waals surface area contributed by atoms with Gasteiger partial charge in [-0.3, -0.25) is 0 Å². The van der Waals surface area contributed by atoms with Crippen molar-refractivity contribution in [1.82, 2.24) is 0 Å². The molecular formula is C9H19P. The molecule has 1 saturated carbocycles. The summed E-state index contributed by atoms with van der Waals surface area (Å²) in [6.07, 6.45) is 7.45. The Balaban J connectivity index is 2.13. The van der Waals surface area contributed by atoms with Crippen LogP contribution in [0.4, 0.5) is 0 Å². The Morgan fingerprint density at radius 3 is 2.30 bits per heavy atom. The minimum atomic E-state index is 1.03. The van der Waals surface area contributed by atoms with E-state index in [9.17, 15) is 0 Å². The van der Waals surface area contributed by atoms with Gasteiger partial charge in [-0.25, -0.2) is 0 Å². The van der Waals surface area contributed by atoms with Crippen LogP contribution in [0.5, 0.6) is 0 Å². The van der Waals surface area contributed by atoms with Crippen molar-refractivity contribution in [3.05, 3.63) is 0 Å². The van der Waals surface area contributed by atoms with Crippen LogP contribution < -0.4 is 0 Å². The smallest absolute Gasteiger partial charge is 0.0237 e. The summed E-state index contributed by atoms with van der Waals surface area (Å²) in [5, 5.41) is 0. The van der Waals surface area contributed by atoms with Gasteiger partial charge in [-0.1, -0.05) is 26.7 Å². The van der Waals surface area contributed by atoms with Crippen molar-refractivity contribution >= 4 is 8.58 Å². The molecule has 0 heterocycles. The normalized spacial score (nSPS) is 35.4. The molecule has 0 aromatic rings. The predicted molar refractivity (Wildman–Crippen MR) is 50.3 cm³/mol. The van der Waals surface area contributed by atoms with Crippen LogP contribution in [0.1, 0.15) is 39.5 Å². The summed E-state index contributed by atoms with van der Waals surface area (Å²) in [4.78, 5) is 0. The summed E-state index contributed by atoms with van der Waals surface area (Å²) in [6.45, 7) is 4.71. The van der Waals surface area contributed by atoms with Gasteiger partial charge in [-0.15, -0.1) is 8.58 Å². The highest BCUT2D eigenvalue weighted by Gasteiger charge is 2.16. The van der Waals surface area contributed by atoms with Crippen molar-refractivity contribution in [2.75, 3.05) is 6.16 Å². The third-order valence-corrected chi connectivity index (χ3v) is 4.07. The average molecular weight is 158 g/mol. The minimum Gasteiger partial charge on any atom is -0.119 e. The molecule has 1 rings (SSSR count). The lowest BCUT2D eigenvalue weighted by atomic mass is 9.91. The molecule has 0 N–H and O–H groups in total. The lowest BCUT2D eigenvalue weighted by Gasteiger charge is -2.25. The molecule has 0 aromatic heterocycles. The van der Waals surface area contributed by atoms with Gasteiger partial charge in [0.2, 0.25) is 0 Å². The molecular weight excluding hydrogens is 139 g/mol. The highest BCUT2D eigenvalue weighted by Crippen LogP contribution is 2.34. The molecule has 0 saturated heterocycles. The fraction of sp³-hybridized carbons (Fsp3) is 1.00. The molecule has 10 heavy (non-hydrogen) atoms. The zero-order valence-corrected chi connectivity index (χ0v) is 8.19. The third-order valence-electron chi connectivity index (χ3n) is 2.51. The van der Waals surface area contributed by atoms with E-state index in [4.69, 9.17) is 0 Å². The SMILES string of the molecule is CCPC1CCC(C)CC1. The second-order valence-electron chi connectivity index (χ2n) is 3.51. The summed E-state index contributed by atoms with van der Waals surface area (Å²) in [5.41, 5.74) is 1.11. The Morgan fingerprint density at radius 1 is 1.20 bits per heavy atom. The lowest BCUT2D eigenvalue weighted by molar-refractivity contribution is 0.391. The summed E-state index contributed by atoms with van der Waals surface area (Å²) in [7, 11) is 1.25. The topological polar surface area (TPSA) is 0 Å². The second kappa shape index (κ2) is 4.34. The van der Waals surface area contributed by atoms with Crippen LogP contribution in [0.3, 0.4) is 0 Å². The molecule has 0 bridgehead atoms. The van der Waals surface area contributed by atoms with Gasteiger partial charge in [0.05, 0.1) is 0 Å². The van der Waals surface area contributed by atoms with Gasteiger partial charge in [0.15, 0.2) is 0 Å². The molecule has 1 aliphatic carbocycles. The van der Waals surface area contributed by atoms with Crippen LogP contribution in [0.2, 0.25) is 0 Å². The Labute approximate surface area is 66.6 Å². The highest BCUT2D eigenvalue weighted by atomic mass is 31.1. The van der Waals surface area contributed by atoms with E-state index in [0.717, 1.165) is 11.6 Å². The minimum absolute atomic E-state index is 1.03. The first kappa shape index (κ1) is 8.53. The fourth-order valence-electron chi connectivity index (χ4n) is 1.75. The standard InChI is InChI=1S/C9H19P/c1-3-10-9-6-4-8(2)5-7-9/h8-10H,3-7H2,1-2H3. The van der Waals surface area contributed by atoms with Crippen molar-refractivity contribution in [3.8, 4) is 0 Å². The molecule has 0 aromatic carbocycles. The quantitative estimate of drug-likeness (QED) is 0.541. The van der Waals surface area contributed by atoms with Crippen LogP contribution in [-0.2, 0) is 0 Å². The molecule has 1 heteroatoms. The van der Waals surface area contributed by atoms with Crippen LogP contribution in [0, 0.1) is 5.92 Å². The van der Waals surface area contributed by atoms with E-state index in [1.807, 2.05) is 0 Å². The van der Waals surface area contributed by atoms with Gasteiger partial charge in [-0.05, 0) is 30.6 Å². The third kappa shape index (κ3) is 2.58. The van der Waals surface area contributed by atoms with Gasteiger partial charge >= 0.3 is 0 Å². The Bertz CT molecular complexity index is 82.7. The van der Waals surface area contributed by atoms with E-state index in [2.05, 4.69) is 13.8 Å². The molecule has 60 valence electrons. The first-order valence-electron chi connectivity index (χ1n) is 4.56. The fourth-order valence-corrected chi connectivity index (χ4v) is 3.07. The summed E-state index contributed by atoms with van der Waals surface area (Å²) in [5.74, 6) is 1.03. The summed E-state index contributed by atoms with van der Waals surface area (Å²) >= 11 is 0. The van der Waals surface area contributed by atoms with E-state index in [0.29, 0.717) is 0 Å². The first-order valence-corrected chi connectivity index (χ1v) is 5.84. The number of hydrogen-bond acceptors (Lipinski definition) is 0. The van der Waals surface area contributed by atoms with Crippen molar-refractivity contribution in [2.45, 2.75) is 45.2 Å². The van der Waals surface area contributed by atoms with Crippen molar-refractivity contribution in [2.24, 2.45) is 5.92 Å². The average Bonchev–Trinajstić information content (AvgIpc) is 1.95. The predicted octanol–water partition coefficient (Wildman–Crippen LogP) is 3.26. The van der Waals surface area contributed by atoms with E-state index < -0.39 is 0 Å². The van der Waals surface area contributed by atoms with Gasteiger partial charge in [0.25, 0.3) is 0 Å². The lowest BCUT2D eigenvalue weighted by Crippen LogP contribution is -2.12. The molecule has 0 amide bonds. The molecule has 1 atom stereocenters. The Kier molecular flexibility index (Phi) is 3.70. The van der Waals surface area contributed by atoms with Crippen LogP contribution in [0.25, 0.3) is 0 Å². The monoisotopic (exact) mass is 158 g/mol. The van der Waals surface area contributed by atoms with Crippen LogP contribution >= 0.6 is 8.58 Å². The van der Waals surface area contributed by atoms with E-state index in [1.54, 1.807) is 0 Å². The maximum atomic E-state index is 2.39. The van der Waals surface area contributed by atoms with Gasteiger partial charge in [0.1, 0.15) is 0 Å². The van der Waals surface area contributed by atoms with Crippen LogP contribution in [0.15, 0.2) is 0 Å². The van der Waals surface area contributed by atoms with Gasteiger partial charge < -0.3 is 0 Å². The van der Waals surface area contributed by atoms with Gasteiger partial charge in [-0.2, -0.15) is 0 Å². The van der Waals surface area contributed by atoms with E-state index >= 15 is 0 Å². The van der Waals surface area contributed by atoms with E-state index in [1.165, 1.54) is 40.4 Å². The van der Waals surface area contributed by atoms with Crippen molar-refractivity contribution in [3.63, 3.8) is 0 Å². The molecule has 0 spiro atoms. The Hall–Kier alpha value is 0.430. The van der Waals surface area contributed by atoms with Crippen molar-refractivity contribution in [1.29, 1.82) is 0 Å². The zero-order valence-electron chi connectivity index (χ0n) is 7.19. The maximum Gasteiger partial charge on any atom is -0.0237 e. The highest BCUT2D eigenvalue weighted by molar-refractivity contribution is 7.38.